The zero-order chi connectivity index (χ0) is 19.4. The predicted molar refractivity (Wildman–Crippen MR) is 99.4 cm³/mol. The molecule has 1 aromatic heterocycles. The lowest BCUT2D eigenvalue weighted by atomic mass is 10.2. The lowest BCUT2D eigenvalue weighted by molar-refractivity contribution is 0.0936. The van der Waals surface area contributed by atoms with Crippen molar-refractivity contribution in [3.05, 3.63) is 36.2 Å². The highest BCUT2D eigenvalue weighted by molar-refractivity contribution is 7.91. The minimum Gasteiger partial charge on any atom is -0.497 e. The number of anilines is 2. The fourth-order valence-corrected chi connectivity index (χ4v) is 4.41. The number of rotatable bonds is 6. The Hall–Kier alpha value is -2.88. The van der Waals surface area contributed by atoms with Crippen molar-refractivity contribution >= 4 is 27.4 Å². The van der Waals surface area contributed by atoms with Crippen LogP contribution < -0.4 is 20.1 Å². The van der Waals surface area contributed by atoms with Gasteiger partial charge >= 0.3 is 0 Å². The van der Waals surface area contributed by atoms with Gasteiger partial charge in [0, 0.05) is 18.3 Å². The van der Waals surface area contributed by atoms with E-state index in [1.165, 1.54) is 19.4 Å². The van der Waals surface area contributed by atoms with E-state index in [4.69, 9.17) is 9.47 Å². The molecule has 1 saturated heterocycles. The normalized spacial score (nSPS) is 17.9. The molecule has 1 aromatic carbocycles. The standard InChI is InChI=1S/C17H20N4O5S/c1-25-12-3-4-13(15(9-12)26-2)20-17-18-7-5-14(21-17)16(22)19-11-6-8-27(23,24)10-11/h3-5,7,9,11H,6,8,10H2,1-2H3,(H,19,22)(H,18,20,21). The fraction of sp³-hybridized carbons (Fsp3) is 0.353. The highest BCUT2D eigenvalue weighted by atomic mass is 32.2. The van der Waals surface area contributed by atoms with E-state index in [9.17, 15) is 13.2 Å². The van der Waals surface area contributed by atoms with E-state index in [0.29, 0.717) is 23.6 Å². The second-order valence-corrected chi connectivity index (χ2v) is 8.26. The summed E-state index contributed by atoms with van der Waals surface area (Å²) < 4.78 is 33.5. The summed E-state index contributed by atoms with van der Waals surface area (Å²) in [5, 5.41) is 5.70. The molecule has 1 fully saturated rings. The van der Waals surface area contributed by atoms with Gasteiger partial charge in [-0.1, -0.05) is 0 Å². The number of nitrogens with one attached hydrogen (secondary N) is 2. The number of amides is 1. The molecule has 1 aliphatic heterocycles. The number of carbonyl (C=O) groups is 1. The van der Waals surface area contributed by atoms with Gasteiger partial charge in [0.15, 0.2) is 9.84 Å². The monoisotopic (exact) mass is 392 g/mol. The van der Waals surface area contributed by atoms with Crippen molar-refractivity contribution in [3.8, 4) is 11.5 Å². The molecule has 0 radical (unpaired) electrons. The van der Waals surface area contributed by atoms with Crippen molar-refractivity contribution in [3.63, 3.8) is 0 Å². The van der Waals surface area contributed by atoms with Gasteiger partial charge in [-0.2, -0.15) is 0 Å². The predicted octanol–water partition coefficient (Wildman–Crippen LogP) is 1.15. The van der Waals surface area contributed by atoms with Crippen molar-refractivity contribution in [1.29, 1.82) is 0 Å². The van der Waals surface area contributed by atoms with E-state index in [1.807, 2.05) is 0 Å². The number of nitrogens with zero attached hydrogens (tertiary/aromatic N) is 2. The number of hydrogen-bond donors (Lipinski definition) is 2. The molecule has 10 heteroatoms. The summed E-state index contributed by atoms with van der Waals surface area (Å²) >= 11 is 0. The molecule has 1 aliphatic rings. The molecule has 1 atom stereocenters. The molecular weight excluding hydrogens is 372 g/mol. The van der Waals surface area contributed by atoms with Crippen molar-refractivity contribution in [2.24, 2.45) is 0 Å². The molecule has 2 aromatic rings. The number of sulfone groups is 1. The van der Waals surface area contributed by atoms with E-state index in [1.54, 1.807) is 25.3 Å². The Morgan fingerprint density at radius 3 is 2.70 bits per heavy atom. The van der Waals surface area contributed by atoms with E-state index in [-0.39, 0.29) is 23.1 Å². The minimum atomic E-state index is -3.07. The first-order chi connectivity index (χ1) is 12.9. The largest absolute Gasteiger partial charge is 0.497 e. The van der Waals surface area contributed by atoms with Crippen LogP contribution >= 0.6 is 0 Å². The summed E-state index contributed by atoms with van der Waals surface area (Å²) in [5.41, 5.74) is 0.752. The fourth-order valence-electron chi connectivity index (χ4n) is 2.74. The van der Waals surface area contributed by atoms with Crippen molar-refractivity contribution in [1.82, 2.24) is 15.3 Å². The molecule has 0 aliphatic carbocycles. The third kappa shape index (κ3) is 4.64. The van der Waals surface area contributed by atoms with E-state index >= 15 is 0 Å². The van der Waals surface area contributed by atoms with Crippen LogP contribution in [0.2, 0.25) is 0 Å². The SMILES string of the molecule is COc1ccc(Nc2nccc(C(=O)NC3CCS(=O)(=O)C3)n2)c(OC)c1. The first kappa shape index (κ1) is 18.9. The molecule has 1 unspecified atom stereocenters. The molecule has 9 nitrogen and oxygen atoms in total. The second kappa shape index (κ2) is 7.78. The van der Waals surface area contributed by atoms with E-state index in [2.05, 4.69) is 20.6 Å². The molecule has 2 heterocycles. The Balaban J connectivity index is 1.73. The van der Waals surface area contributed by atoms with Gasteiger partial charge in [-0.15, -0.1) is 0 Å². The molecule has 3 rings (SSSR count). The van der Waals surface area contributed by atoms with Crippen LogP contribution in [0.15, 0.2) is 30.5 Å². The average molecular weight is 392 g/mol. The van der Waals surface area contributed by atoms with Crippen LogP contribution in [0.4, 0.5) is 11.6 Å². The van der Waals surface area contributed by atoms with Crippen molar-refractivity contribution in [2.45, 2.75) is 12.5 Å². The van der Waals surface area contributed by atoms with Crippen molar-refractivity contribution in [2.75, 3.05) is 31.0 Å². The molecule has 0 saturated carbocycles. The van der Waals surface area contributed by atoms with Crippen molar-refractivity contribution < 1.29 is 22.7 Å². The van der Waals surface area contributed by atoms with Gasteiger partial charge in [-0.25, -0.2) is 18.4 Å². The molecule has 27 heavy (non-hydrogen) atoms. The zero-order valence-corrected chi connectivity index (χ0v) is 15.7. The molecule has 144 valence electrons. The zero-order valence-electron chi connectivity index (χ0n) is 14.9. The van der Waals surface area contributed by atoms with Gasteiger partial charge in [0.1, 0.15) is 17.2 Å². The lowest BCUT2D eigenvalue weighted by Gasteiger charge is -2.13. The van der Waals surface area contributed by atoms with Gasteiger partial charge in [0.2, 0.25) is 5.95 Å². The van der Waals surface area contributed by atoms with Gasteiger partial charge in [0.25, 0.3) is 5.91 Å². The number of hydrogen-bond acceptors (Lipinski definition) is 8. The lowest BCUT2D eigenvalue weighted by Crippen LogP contribution is -2.36. The maximum Gasteiger partial charge on any atom is 0.270 e. The van der Waals surface area contributed by atoms with Gasteiger partial charge < -0.3 is 20.1 Å². The van der Waals surface area contributed by atoms with Gasteiger partial charge in [-0.05, 0) is 24.6 Å². The smallest absolute Gasteiger partial charge is 0.270 e. The molecular formula is C17H20N4O5S. The summed E-state index contributed by atoms with van der Waals surface area (Å²) in [6.45, 7) is 0. The van der Waals surface area contributed by atoms with Crippen LogP contribution in [-0.2, 0) is 9.84 Å². The number of methoxy groups -OCH3 is 2. The highest BCUT2D eigenvalue weighted by Gasteiger charge is 2.29. The van der Waals surface area contributed by atoms with Crippen LogP contribution in [0.3, 0.4) is 0 Å². The summed E-state index contributed by atoms with van der Waals surface area (Å²) in [6, 6.07) is 6.28. The third-order valence-corrected chi connectivity index (χ3v) is 5.88. The van der Waals surface area contributed by atoms with Crippen LogP contribution in [0.5, 0.6) is 11.5 Å². The minimum absolute atomic E-state index is 0.0437. The Morgan fingerprint density at radius 2 is 2.04 bits per heavy atom. The quantitative estimate of drug-likeness (QED) is 0.751. The maximum absolute atomic E-state index is 12.4. The molecule has 2 N–H and O–H groups in total. The Morgan fingerprint density at radius 1 is 1.22 bits per heavy atom. The number of carbonyl (C=O) groups excluding carboxylic acids is 1. The number of benzene rings is 1. The summed E-state index contributed by atoms with van der Waals surface area (Å²) in [5.74, 6) is 0.986. The van der Waals surface area contributed by atoms with Crippen LogP contribution in [0.25, 0.3) is 0 Å². The number of aromatic nitrogens is 2. The van der Waals surface area contributed by atoms with Crippen LogP contribution in [-0.4, -0.2) is 56.1 Å². The average Bonchev–Trinajstić information content (AvgIpc) is 3.00. The molecule has 0 spiro atoms. The molecule has 1 amide bonds. The highest BCUT2D eigenvalue weighted by Crippen LogP contribution is 2.30. The Kier molecular flexibility index (Phi) is 5.45. The summed E-state index contributed by atoms with van der Waals surface area (Å²) in [6.07, 6.45) is 1.86. The first-order valence-electron chi connectivity index (χ1n) is 8.23. The third-order valence-electron chi connectivity index (χ3n) is 4.11. The second-order valence-electron chi connectivity index (χ2n) is 6.03. The molecule has 0 bridgehead atoms. The Labute approximate surface area is 157 Å². The van der Waals surface area contributed by atoms with E-state index in [0.717, 1.165) is 0 Å². The first-order valence-corrected chi connectivity index (χ1v) is 10.1. The number of ether oxygens (including phenoxy) is 2. The summed E-state index contributed by atoms with van der Waals surface area (Å²) in [4.78, 5) is 20.7. The summed E-state index contributed by atoms with van der Waals surface area (Å²) in [7, 11) is 0.0167. The Bertz CT molecular complexity index is 948. The van der Waals surface area contributed by atoms with Crippen LogP contribution in [0.1, 0.15) is 16.9 Å². The topological polar surface area (TPSA) is 120 Å². The van der Waals surface area contributed by atoms with Gasteiger partial charge in [-0.3, -0.25) is 4.79 Å². The maximum atomic E-state index is 12.4. The van der Waals surface area contributed by atoms with E-state index < -0.39 is 21.8 Å². The van der Waals surface area contributed by atoms with Crippen LogP contribution in [0, 0.1) is 0 Å². The van der Waals surface area contributed by atoms with Gasteiger partial charge in [0.05, 0.1) is 31.4 Å².